The van der Waals surface area contributed by atoms with Crippen molar-refractivity contribution in [2.24, 2.45) is 0 Å². The highest BCUT2D eigenvalue weighted by Crippen LogP contribution is 2.35. The number of carbonyl (C=O) groups is 1. The molecule has 0 fully saturated rings. The van der Waals surface area contributed by atoms with Crippen LogP contribution in [0.1, 0.15) is 10.4 Å². The van der Waals surface area contributed by atoms with Crippen molar-refractivity contribution in [3.05, 3.63) is 71.5 Å². The highest BCUT2D eigenvalue weighted by Gasteiger charge is 2.10. The first-order valence-electron chi connectivity index (χ1n) is 6.71. The smallest absolute Gasteiger partial charge is 0.335 e. The van der Waals surface area contributed by atoms with Gasteiger partial charge in [0.2, 0.25) is 0 Å². The van der Waals surface area contributed by atoms with Gasteiger partial charge in [0.05, 0.1) is 18.0 Å². The van der Waals surface area contributed by atoms with Crippen LogP contribution in [0.2, 0.25) is 5.02 Å². The molecule has 3 aromatic rings. The Morgan fingerprint density at radius 3 is 2.48 bits per heavy atom. The molecule has 0 unspecified atom stereocenters. The Morgan fingerprint density at radius 1 is 1.04 bits per heavy atom. The van der Waals surface area contributed by atoms with E-state index in [1.807, 2.05) is 0 Å². The molecule has 0 amide bonds. The summed E-state index contributed by atoms with van der Waals surface area (Å²) in [4.78, 5) is 10.9. The molecule has 114 valence electrons. The van der Waals surface area contributed by atoms with Crippen LogP contribution in [0, 0.1) is 0 Å². The summed E-state index contributed by atoms with van der Waals surface area (Å²) in [5.74, 6) is 0.137. The third kappa shape index (κ3) is 3.46. The number of rotatable bonds is 4. The average molecular weight is 327 g/mol. The van der Waals surface area contributed by atoms with Gasteiger partial charge in [-0.05, 0) is 48.5 Å². The van der Waals surface area contributed by atoms with Gasteiger partial charge in [0, 0.05) is 16.1 Å². The summed E-state index contributed by atoms with van der Waals surface area (Å²) in [5, 5.41) is 17.1. The van der Waals surface area contributed by atoms with E-state index in [1.54, 1.807) is 48.8 Å². The number of aromatic carboxylic acids is 1. The van der Waals surface area contributed by atoms with Crippen molar-refractivity contribution in [3.63, 3.8) is 0 Å². The molecular formula is C17H11ClN2O3. The maximum Gasteiger partial charge on any atom is 0.335 e. The molecule has 1 N–H and O–H groups in total. The largest absolute Gasteiger partial charge is 0.478 e. The van der Waals surface area contributed by atoms with Crippen molar-refractivity contribution >= 4 is 17.6 Å². The first-order chi connectivity index (χ1) is 11.1. The first kappa shape index (κ1) is 15.0. The molecule has 6 heteroatoms. The van der Waals surface area contributed by atoms with E-state index in [4.69, 9.17) is 21.4 Å². The summed E-state index contributed by atoms with van der Waals surface area (Å²) < 4.78 is 5.85. The number of carboxylic acids is 1. The first-order valence-corrected chi connectivity index (χ1v) is 7.09. The zero-order valence-corrected chi connectivity index (χ0v) is 12.6. The number of hydrogen-bond donors (Lipinski definition) is 1. The topological polar surface area (TPSA) is 72.3 Å². The second kappa shape index (κ2) is 6.46. The molecule has 0 aliphatic heterocycles. The van der Waals surface area contributed by atoms with E-state index in [0.29, 0.717) is 16.5 Å². The molecule has 0 radical (unpaired) electrons. The number of carboxylic acid groups (broad SMARTS) is 1. The summed E-state index contributed by atoms with van der Waals surface area (Å²) >= 11 is 6.07. The Kier molecular flexibility index (Phi) is 4.21. The standard InChI is InChI=1S/C17H11ClN2O3/c18-13-3-6-16(15(9-13)12-7-8-19-20-10-12)23-14-4-1-11(2-5-14)17(21)22/h1-10H,(H,21,22). The molecule has 0 saturated carbocycles. The monoisotopic (exact) mass is 326 g/mol. The minimum Gasteiger partial charge on any atom is -0.478 e. The molecule has 2 aromatic carbocycles. The van der Waals surface area contributed by atoms with Gasteiger partial charge < -0.3 is 9.84 Å². The van der Waals surface area contributed by atoms with E-state index in [2.05, 4.69) is 10.2 Å². The lowest BCUT2D eigenvalue weighted by atomic mass is 10.1. The van der Waals surface area contributed by atoms with Crippen LogP contribution < -0.4 is 4.74 Å². The lowest BCUT2D eigenvalue weighted by Gasteiger charge is -2.11. The predicted octanol–water partition coefficient (Wildman–Crippen LogP) is 4.29. The normalized spacial score (nSPS) is 10.3. The van der Waals surface area contributed by atoms with Gasteiger partial charge in [0.25, 0.3) is 0 Å². The fraction of sp³-hybridized carbons (Fsp3) is 0. The summed E-state index contributed by atoms with van der Waals surface area (Å²) in [5.41, 5.74) is 1.79. The van der Waals surface area contributed by atoms with Gasteiger partial charge in [0.1, 0.15) is 11.5 Å². The van der Waals surface area contributed by atoms with Gasteiger partial charge in [-0.25, -0.2) is 4.79 Å². The summed E-state index contributed by atoms with van der Waals surface area (Å²) in [6, 6.07) is 13.2. The predicted molar refractivity (Wildman–Crippen MR) is 86.0 cm³/mol. The van der Waals surface area contributed by atoms with E-state index in [0.717, 1.165) is 11.1 Å². The zero-order valence-electron chi connectivity index (χ0n) is 11.8. The quantitative estimate of drug-likeness (QED) is 0.774. The molecule has 0 saturated heterocycles. The Balaban J connectivity index is 1.95. The van der Waals surface area contributed by atoms with Gasteiger partial charge in [-0.15, -0.1) is 0 Å². The van der Waals surface area contributed by atoms with Crippen LogP contribution >= 0.6 is 11.6 Å². The minimum absolute atomic E-state index is 0.201. The fourth-order valence-electron chi connectivity index (χ4n) is 2.06. The number of benzene rings is 2. The van der Waals surface area contributed by atoms with E-state index >= 15 is 0 Å². The average Bonchev–Trinajstić information content (AvgIpc) is 2.58. The molecule has 1 heterocycles. The lowest BCUT2D eigenvalue weighted by molar-refractivity contribution is 0.0697. The van der Waals surface area contributed by atoms with Gasteiger partial charge in [-0.3, -0.25) is 0 Å². The minimum atomic E-state index is -0.980. The maximum atomic E-state index is 10.9. The molecular weight excluding hydrogens is 316 g/mol. The Hall–Kier alpha value is -2.92. The number of ether oxygens (including phenoxy) is 1. The van der Waals surface area contributed by atoms with Crippen LogP contribution in [0.25, 0.3) is 11.1 Å². The molecule has 0 aliphatic rings. The van der Waals surface area contributed by atoms with Crippen molar-refractivity contribution in [1.29, 1.82) is 0 Å². The second-order valence-corrected chi connectivity index (χ2v) is 5.14. The summed E-state index contributed by atoms with van der Waals surface area (Å²) in [6.07, 6.45) is 3.20. The zero-order chi connectivity index (χ0) is 16.2. The van der Waals surface area contributed by atoms with Gasteiger partial charge in [-0.1, -0.05) is 11.6 Å². The van der Waals surface area contributed by atoms with Crippen molar-refractivity contribution in [1.82, 2.24) is 10.2 Å². The van der Waals surface area contributed by atoms with Crippen LogP contribution in [0.15, 0.2) is 60.9 Å². The van der Waals surface area contributed by atoms with Crippen LogP contribution in [-0.4, -0.2) is 21.3 Å². The third-order valence-electron chi connectivity index (χ3n) is 3.17. The fourth-order valence-corrected chi connectivity index (χ4v) is 2.23. The van der Waals surface area contributed by atoms with Crippen molar-refractivity contribution in [2.75, 3.05) is 0 Å². The maximum absolute atomic E-state index is 10.9. The highest BCUT2D eigenvalue weighted by molar-refractivity contribution is 6.31. The molecule has 0 aliphatic carbocycles. The molecule has 23 heavy (non-hydrogen) atoms. The number of hydrogen-bond acceptors (Lipinski definition) is 4. The molecule has 0 atom stereocenters. The molecule has 5 nitrogen and oxygen atoms in total. The summed E-state index contributed by atoms with van der Waals surface area (Å²) in [7, 11) is 0. The van der Waals surface area contributed by atoms with Crippen molar-refractivity contribution in [2.45, 2.75) is 0 Å². The third-order valence-corrected chi connectivity index (χ3v) is 3.40. The van der Waals surface area contributed by atoms with E-state index in [1.165, 1.54) is 12.1 Å². The SMILES string of the molecule is O=C(O)c1ccc(Oc2ccc(Cl)cc2-c2ccnnc2)cc1. The van der Waals surface area contributed by atoms with E-state index in [9.17, 15) is 4.79 Å². The number of nitrogens with zero attached hydrogens (tertiary/aromatic N) is 2. The summed E-state index contributed by atoms with van der Waals surface area (Å²) in [6.45, 7) is 0. The van der Waals surface area contributed by atoms with Crippen molar-refractivity contribution in [3.8, 4) is 22.6 Å². The lowest BCUT2D eigenvalue weighted by Crippen LogP contribution is -1.95. The van der Waals surface area contributed by atoms with Crippen molar-refractivity contribution < 1.29 is 14.6 Å². The van der Waals surface area contributed by atoms with Crippen LogP contribution in [0.4, 0.5) is 0 Å². The number of halogens is 1. The number of aromatic nitrogens is 2. The molecule has 0 spiro atoms. The van der Waals surface area contributed by atoms with Crippen LogP contribution in [0.5, 0.6) is 11.5 Å². The van der Waals surface area contributed by atoms with Crippen LogP contribution in [-0.2, 0) is 0 Å². The highest BCUT2D eigenvalue weighted by atomic mass is 35.5. The van der Waals surface area contributed by atoms with Gasteiger partial charge >= 0.3 is 5.97 Å². The van der Waals surface area contributed by atoms with E-state index in [-0.39, 0.29) is 5.56 Å². The molecule has 3 rings (SSSR count). The van der Waals surface area contributed by atoms with Gasteiger partial charge in [0.15, 0.2) is 0 Å². The van der Waals surface area contributed by atoms with Gasteiger partial charge in [-0.2, -0.15) is 10.2 Å². The van der Waals surface area contributed by atoms with E-state index < -0.39 is 5.97 Å². The van der Waals surface area contributed by atoms with Crippen LogP contribution in [0.3, 0.4) is 0 Å². The second-order valence-electron chi connectivity index (χ2n) is 4.70. The Bertz CT molecular complexity index is 836. The molecule has 0 bridgehead atoms. The Labute approximate surface area is 137 Å². The Morgan fingerprint density at radius 2 is 1.83 bits per heavy atom. The molecule has 1 aromatic heterocycles.